The van der Waals surface area contributed by atoms with Crippen molar-refractivity contribution in [2.75, 3.05) is 29.9 Å². The molecule has 3 aromatic heterocycles. The van der Waals surface area contributed by atoms with E-state index in [0.29, 0.717) is 35.9 Å². The van der Waals surface area contributed by atoms with Gasteiger partial charge in [0, 0.05) is 65.4 Å². The zero-order valence-corrected chi connectivity index (χ0v) is 30.1. The zero-order valence-electron chi connectivity index (χ0n) is 28.5. The van der Waals surface area contributed by atoms with Gasteiger partial charge in [-0.25, -0.2) is 9.50 Å². The first-order valence-corrected chi connectivity index (χ1v) is 17.9. The van der Waals surface area contributed by atoms with Crippen LogP contribution in [0.1, 0.15) is 59.4 Å². The molecule has 0 saturated carbocycles. The summed E-state index contributed by atoms with van der Waals surface area (Å²) in [5, 5.41) is 16.0. The Morgan fingerprint density at radius 3 is 2.64 bits per heavy atom. The van der Waals surface area contributed by atoms with Crippen molar-refractivity contribution in [3.05, 3.63) is 87.9 Å². The van der Waals surface area contributed by atoms with Crippen LogP contribution in [0.2, 0.25) is 0 Å². The molecule has 258 valence electrons. The van der Waals surface area contributed by atoms with Gasteiger partial charge in [0.25, 0.3) is 5.91 Å². The van der Waals surface area contributed by atoms with Gasteiger partial charge < -0.3 is 15.1 Å². The van der Waals surface area contributed by atoms with Crippen molar-refractivity contribution >= 4 is 50.7 Å². The summed E-state index contributed by atoms with van der Waals surface area (Å²) in [4.78, 5) is 47.6. The van der Waals surface area contributed by atoms with Crippen LogP contribution in [0.3, 0.4) is 0 Å². The van der Waals surface area contributed by atoms with E-state index in [1.54, 1.807) is 15.6 Å². The lowest BCUT2D eigenvalue weighted by Crippen LogP contribution is -2.38. The minimum atomic E-state index is -0.301. The number of anilines is 2. The molecule has 2 aromatic carbocycles. The van der Waals surface area contributed by atoms with Gasteiger partial charge in [-0.1, -0.05) is 33.3 Å². The van der Waals surface area contributed by atoms with Gasteiger partial charge >= 0.3 is 0 Å². The molecule has 2 unspecified atom stereocenters. The van der Waals surface area contributed by atoms with Crippen molar-refractivity contribution < 1.29 is 14.4 Å². The molecule has 5 aromatic rings. The molecular weight excluding hydrogens is 698 g/mol. The predicted molar refractivity (Wildman–Crippen MR) is 194 cm³/mol. The highest BCUT2D eigenvalue weighted by Gasteiger charge is 2.37. The lowest BCUT2D eigenvalue weighted by molar-refractivity contribution is -0.135. The Kier molecular flexibility index (Phi) is 9.50. The van der Waals surface area contributed by atoms with E-state index in [9.17, 15) is 14.4 Å². The molecule has 50 heavy (non-hydrogen) atoms. The smallest absolute Gasteiger partial charge is 0.261 e. The third-order valence-corrected chi connectivity index (χ3v) is 10.7. The van der Waals surface area contributed by atoms with Crippen molar-refractivity contribution in [1.82, 2.24) is 34.5 Å². The summed E-state index contributed by atoms with van der Waals surface area (Å²) >= 11 is 3.52. The van der Waals surface area contributed by atoms with Gasteiger partial charge in [-0.15, -0.1) is 5.10 Å². The van der Waals surface area contributed by atoms with Crippen molar-refractivity contribution in [2.24, 2.45) is 11.8 Å². The summed E-state index contributed by atoms with van der Waals surface area (Å²) in [7, 11) is 0. The summed E-state index contributed by atoms with van der Waals surface area (Å²) in [5.74, 6) is 0.0148. The van der Waals surface area contributed by atoms with Crippen molar-refractivity contribution in [3.63, 3.8) is 0 Å². The highest BCUT2D eigenvalue weighted by Crippen LogP contribution is 2.31. The first kappa shape index (κ1) is 33.6. The van der Waals surface area contributed by atoms with E-state index >= 15 is 0 Å². The molecule has 12 nitrogen and oxygen atoms in total. The quantitative estimate of drug-likeness (QED) is 0.207. The lowest BCUT2D eigenvalue weighted by Gasteiger charge is -2.24. The Morgan fingerprint density at radius 2 is 1.84 bits per heavy atom. The van der Waals surface area contributed by atoms with Crippen LogP contribution in [0, 0.1) is 32.6 Å². The highest BCUT2D eigenvalue weighted by atomic mass is 79.9. The Hall–Kier alpha value is -4.91. The molecule has 2 saturated heterocycles. The number of rotatable bonds is 8. The molecule has 0 radical (unpaired) electrons. The van der Waals surface area contributed by atoms with Gasteiger partial charge in [-0.05, 0) is 94.3 Å². The van der Waals surface area contributed by atoms with E-state index < -0.39 is 0 Å². The van der Waals surface area contributed by atoms with Crippen LogP contribution in [0.4, 0.5) is 11.4 Å². The molecule has 2 fully saturated rings. The van der Waals surface area contributed by atoms with Crippen LogP contribution >= 0.6 is 15.9 Å². The number of carbonyl (C=O) groups is 3. The van der Waals surface area contributed by atoms with Crippen LogP contribution in [-0.4, -0.2) is 71.8 Å². The minimum Gasteiger partial charge on any atom is -0.342 e. The topological polar surface area (TPSA) is 131 Å². The van der Waals surface area contributed by atoms with E-state index in [1.807, 2.05) is 85.1 Å². The average Bonchev–Trinajstić information content (AvgIpc) is 3.80. The van der Waals surface area contributed by atoms with Crippen LogP contribution in [0.5, 0.6) is 0 Å². The number of benzene rings is 2. The molecule has 7 rings (SSSR count). The van der Waals surface area contributed by atoms with Crippen molar-refractivity contribution in [3.8, 4) is 11.3 Å². The summed E-state index contributed by atoms with van der Waals surface area (Å²) in [6.07, 6.45) is 7.64. The minimum absolute atomic E-state index is 0.00940. The van der Waals surface area contributed by atoms with Crippen LogP contribution in [0.15, 0.2) is 65.4 Å². The molecule has 2 atom stereocenters. The second kappa shape index (κ2) is 14.1. The Bertz CT molecular complexity index is 2070. The second-order valence-electron chi connectivity index (χ2n) is 13.5. The third kappa shape index (κ3) is 7.05. The second-order valence-corrected chi connectivity index (χ2v) is 14.3. The van der Waals surface area contributed by atoms with E-state index in [4.69, 9.17) is 0 Å². The molecule has 0 spiro atoms. The Labute approximate surface area is 299 Å². The Balaban J connectivity index is 0.896. The van der Waals surface area contributed by atoms with Gasteiger partial charge in [0.1, 0.15) is 11.3 Å². The number of nitrogens with zero attached hydrogens (tertiary/aromatic N) is 8. The van der Waals surface area contributed by atoms with Gasteiger partial charge in [0.2, 0.25) is 11.8 Å². The third-order valence-electron chi connectivity index (χ3n) is 9.85. The predicted octanol–water partition coefficient (Wildman–Crippen LogP) is 6.00. The van der Waals surface area contributed by atoms with E-state index in [-0.39, 0.29) is 30.1 Å². The largest absolute Gasteiger partial charge is 0.342 e. The maximum Gasteiger partial charge on any atom is 0.261 e. The number of hydrogen-bond acceptors (Lipinski definition) is 7. The highest BCUT2D eigenvalue weighted by molar-refractivity contribution is 9.10. The molecule has 0 aliphatic carbocycles. The molecule has 2 aliphatic rings. The number of halogens is 1. The molecular formula is C37H40BrN9O3. The first-order valence-electron chi connectivity index (χ1n) is 17.1. The van der Waals surface area contributed by atoms with Crippen molar-refractivity contribution in [1.29, 1.82) is 0 Å². The number of nitrogens with one attached hydrogen (secondary N) is 1. The fourth-order valence-electron chi connectivity index (χ4n) is 7.06. The number of likely N-dealkylation sites (tertiary alicyclic amines) is 1. The normalized spacial score (nSPS) is 18.1. The number of amides is 3. The van der Waals surface area contributed by atoms with Crippen LogP contribution in [-0.2, 0) is 16.1 Å². The maximum atomic E-state index is 13.5. The summed E-state index contributed by atoms with van der Waals surface area (Å²) in [6.45, 7) is 8.45. The van der Waals surface area contributed by atoms with Crippen molar-refractivity contribution in [2.45, 2.75) is 59.4 Å². The monoisotopic (exact) mass is 737 g/mol. The Morgan fingerprint density at radius 1 is 1.02 bits per heavy atom. The van der Waals surface area contributed by atoms with E-state index in [0.717, 1.165) is 77.1 Å². The standard InChI is InChI=1S/C37H40BrN9O3/c1-23-17-30(10-11-32(23)38)46-21-28(19-34(46)48)37(50)44-14-4-5-26(12-15-44)13-16-45-22-33(42-43-45)27-6-8-29(9-7-27)41-36(49)31-20-39-47-25(3)18-24(2)40-35(31)47/h6-11,17-18,20,22,26,28H,4-5,12-16,19,21H2,1-3H3,(H,41,49). The SMILES string of the molecule is Cc1cc(C)n2ncc(C(=O)Nc3ccc(-c4cn(CCC5CCCN(C(=O)C6CC(=O)N(c7ccc(Br)c(C)c7)C6)CC5)nn4)cc3)c2n1. The number of aryl methyl sites for hydroxylation is 4. The molecule has 3 amide bonds. The molecule has 2 aliphatic heterocycles. The fourth-order valence-corrected chi connectivity index (χ4v) is 7.31. The van der Waals surface area contributed by atoms with Gasteiger partial charge in [0.05, 0.1) is 18.3 Å². The summed E-state index contributed by atoms with van der Waals surface area (Å²) in [5.41, 5.74) is 6.92. The lowest BCUT2D eigenvalue weighted by atomic mass is 9.97. The molecule has 0 bridgehead atoms. The number of hydrogen-bond donors (Lipinski definition) is 1. The van der Waals surface area contributed by atoms with Gasteiger partial charge in [0.15, 0.2) is 5.65 Å². The van der Waals surface area contributed by atoms with Gasteiger partial charge in [-0.2, -0.15) is 5.10 Å². The fraction of sp³-hybridized carbons (Fsp3) is 0.378. The molecule has 5 heterocycles. The average molecular weight is 739 g/mol. The van der Waals surface area contributed by atoms with Crippen LogP contribution < -0.4 is 10.2 Å². The van der Waals surface area contributed by atoms with E-state index in [1.165, 1.54) is 0 Å². The number of aromatic nitrogens is 6. The summed E-state index contributed by atoms with van der Waals surface area (Å²) in [6, 6.07) is 15.3. The number of fused-ring (bicyclic) bond motifs is 1. The maximum absolute atomic E-state index is 13.5. The van der Waals surface area contributed by atoms with Gasteiger partial charge in [-0.3, -0.25) is 19.1 Å². The molecule has 1 N–H and O–H groups in total. The number of carbonyl (C=O) groups excluding carboxylic acids is 3. The zero-order chi connectivity index (χ0) is 34.9. The molecule has 13 heteroatoms. The summed E-state index contributed by atoms with van der Waals surface area (Å²) < 4.78 is 4.55. The van der Waals surface area contributed by atoms with E-state index in [2.05, 4.69) is 41.6 Å². The van der Waals surface area contributed by atoms with Crippen LogP contribution in [0.25, 0.3) is 16.9 Å². The first-order chi connectivity index (χ1) is 24.1.